The van der Waals surface area contributed by atoms with Gasteiger partial charge in [-0.25, -0.2) is 0 Å². The van der Waals surface area contributed by atoms with Crippen molar-refractivity contribution in [3.8, 4) is 0 Å². The third-order valence-corrected chi connectivity index (χ3v) is 4.81. The van der Waals surface area contributed by atoms with Crippen LogP contribution in [0.5, 0.6) is 0 Å². The molecule has 1 N–H and O–H groups in total. The van der Waals surface area contributed by atoms with E-state index in [2.05, 4.69) is 34.2 Å². The standard InChI is InChI=1S/C15H22ClN3/c1-12(14-4-2-3-5-15(14)16)19-10-13(11-19)18-8-6-17-7-9-18/h2-5,12-13,17H,6-11H2,1H3. The Labute approximate surface area is 120 Å². The van der Waals surface area contributed by atoms with Crippen LogP contribution in [-0.2, 0) is 0 Å². The summed E-state index contributed by atoms with van der Waals surface area (Å²) in [7, 11) is 0. The van der Waals surface area contributed by atoms with Crippen molar-refractivity contribution in [2.75, 3.05) is 39.3 Å². The Morgan fingerprint density at radius 3 is 2.58 bits per heavy atom. The molecule has 3 rings (SSSR count). The first-order valence-corrected chi connectivity index (χ1v) is 7.57. The Bertz CT molecular complexity index is 425. The molecule has 1 atom stereocenters. The number of hydrogen-bond donors (Lipinski definition) is 1. The zero-order valence-corrected chi connectivity index (χ0v) is 12.2. The summed E-state index contributed by atoms with van der Waals surface area (Å²) in [4.78, 5) is 5.14. The van der Waals surface area contributed by atoms with Crippen LogP contribution in [0.2, 0.25) is 5.02 Å². The van der Waals surface area contributed by atoms with Crippen LogP contribution in [-0.4, -0.2) is 55.1 Å². The maximum absolute atomic E-state index is 6.28. The fraction of sp³-hybridized carbons (Fsp3) is 0.600. The molecule has 104 valence electrons. The van der Waals surface area contributed by atoms with Gasteiger partial charge in [0.25, 0.3) is 0 Å². The average molecular weight is 280 g/mol. The number of halogens is 1. The van der Waals surface area contributed by atoms with Crippen molar-refractivity contribution in [3.63, 3.8) is 0 Å². The van der Waals surface area contributed by atoms with Crippen LogP contribution < -0.4 is 5.32 Å². The average Bonchev–Trinajstić information content (AvgIpc) is 2.38. The highest BCUT2D eigenvalue weighted by Gasteiger charge is 2.35. The van der Waals surface area contributed by atoms with Crippen LogP contribution in [0.15, 0.2) is 24.3 Å². The molecule has 0 bridgehead atoms. The Morgan fingerprint density at radius 2 is 1.89 bits per heavy atom. The van der Waals surface area contributed by atoms with Crippen molar-refractivity contribution in [1.82, 2.24) is 15.1 Å². The van der Waals surface area contributed by atoms with E-state index < -0.39 is 0 Å². The van der Waals surface area contributed by atoms with E-state index in [-0.39, 0.29) is 0 Å². The number of hydrogen-bond acceptors (Lipinski definition) is 3. The molecule has 0 spiro atoms. The highest BCUT2D eigenvalue weighted by molar-refractivity contribution is 6.31. The Balaban J connectivity index is 1.56. The minimum atomic E-state index is 0.424. The quantitative estimate of drug-likeness (QED) is 0.913. The third kappa shape index (κ3) is 2.79. The van der Waals surface area contributed by atoms with Crippen LogP contribution in [0.3, 0.4) is 0 Å². The lowest BCUT2D eigenvalue weighted by molar-refractivity contribution is 0.00350. The van der Waals surface area contributed by atoms with Gasteiger partial charge in [-0.2, -0.15) is 0 Å². The molecule has 19 heavy (non-hydrogen) atoms. The summed E-state index contributed by atoms with van der Waals surface area (Å²) in [6.45, 7) is 9.26. The number of piperazine rings is 1. The summed E-state index contributed by atoms with van der Waals surface area (Å²) in [5.74, 6) is 0. The summed E-state index contributed by atoms with van der Waals surface area (Å²) in [6.07, 6.45) is 0. The van der Waals surface area contributed by atoms with Crippen LogP contribution in [0.4, 0.5) is 0 Å². The summed E-state index contributed by atoms with van der Waals surface area (Å²) >= 11 is 6.28. The first-order chi connectivity index (χ1) is 9.25. The van der Waals surface area contributed by atoms with Crippen LogP contribution in [0.1, 0.15) is 18.5 Å². The van der Waals surface area contributed by atoms with Crippen molar-refractivity contribution in [3.05, 3.63) is 34.9 Å². The van der Waals surface area contributed by atoms with Crippen molar-refractivity contribution in [1.29, 1.82) is 0 Å². The van der Waals surface area contributed by atoms with E-state index in [1.807, 2.05) is 12.1 Å². The van der Waals surface area contributed by atoms with Crippen LogP contribution in [0.25, 0.3) is 0 Å². The van der Waals surface area contributed by atoms with Gasteiger partial charge in [-0.1, -0.05) is 29.8 Å². The first kappa shape index (κ1) is 13.4. The maximum Gasteiger partial charge on any atom is 0.0453 e. The molecule has 0 saturated carbocycles. The molecule has 1 aromatic rings. The van der Waals surface area contributed by atoms with Gasteiger partial charge in [-0.3, -0.25) is 9.80 Å². The van der Waals surface area contributed by atoms with Crippen LogP contribution in [0, 0.1) is 0 Å². The summed E-state index contributed by atoms with van der Waals surface area (Å²) in [5.41, 5.74) is 1.25. The largest absolute Gasteiger partial charge is 0.314 e. The predicted molar refractivity (Wildman–Crippen MR) is 79.7 cm³/mol. The molecule has 4 heteroatoms. The lowest BCUT2D eigenvalue weighted by atomic mass is 9.99. The number of benzene rings is 1. The lowest BCUT2D eigenvalue weighted by Crippen LogP contribution is -2.62. The van der Waals surface area contributed by atoms with E-state index in [1.54, 1.807) is 0 Å². The second-order valence-corrected chi connectivity index (χ2v) is 6.00. The monoisotopic (exact) mass is 279 g/mol. The van der Waals surface area contributed by atoms with Gasteiger partial charge >= 0.3 is 0 Å². The second kappa shape index (κ2) is 5.80. The molecular weight excluding hydrogens is 258 g/mol. The minimum absolute atomic E-state index is 0.424. The molecule has 0 amide bonds. The van der Waals surface area contributed by atoms with Crippen molar-refractivity contribution < 1.29 is 0 Å². The molecular formula is C15H22ClN3. The van der Waals surface area contributed by atoms with Gasteiger partial charge in [-0.15, -0.1) is 0 Å². The minimum Gasteiger partial charge on any atom is -0.314 e. The molecule has 0 radical (unpaired) electrons. The Morgan fingerprint density at radius 1 is 1.21 bits per heavy atom. The van der Waals surface area contributed by atoms with E-state index in [0.717, 1.165) is 24.2 Å². The molecule has 2 saturated heterocycles. The van der Waals surface area contributed by atoms with E-state index >= 15 is 0 Å². The van der Waals surface area contributed by atoms with Crippen molar-refractivity contribution in [2.45, 2.75) is 19.0 Å². The smallest absolute Gasteiger partial charge is 0.0453 e. The maximum atomic E-state index is 6.28. The molecule has 2 aliphatic rings. The molecule has 2 heterocycles. The number of nitrogens with zero attached hydrogens (tertiary/aromatic N) is 2. The van der Waals surface area contributed by atoms with E-state index in [9.17, 15) is 0 Å². The lowest BCUT2D eigenvalue weighted by Gasteiger charge is -2.49. The number of likely N-dealkylation sites (tertiary alicyclic amines) is 1. The van der Waals surface area contributed by atoms with E-state index in [0.29, 0.717) is 6.04 Å². The number of rotatable bonds is 3. The molecule has 2 aliphatic heterocycles. The van der Waals surface area contributed by atoms with E-state index in [4.69, 9.17) is 11.6 Å². The normalized spacial score (nSPS) is 24.1. The summed E-state index contributed by atoms with van der Waals surface area (Å²) in [6, 6.07) is 9.37. The van der Waals surface area contributed by atoms with Gasteiger partial charge in [0.15, 0.2) is 0 Å². The predicted octanol–water partition coefficient (Wildman–Crippen LogP) is 1.99. The molecule has 1 unspecified atom stereocenters. The summed E-state index contributed by atoms with van der Waals surface area (Å²) in [5, 5.41) is 4.30. The first-order valence-electron chi connectivity index (χ1n) is 7.19. The van der Waals surface area contributed by atoms with Gasteiger partial charge in [0.1, 0.15) is 0 Å². The Hall–Kier alpha value is -0.610. The fourth-order valence-electron chi connectivity index (χ4n) is 3.09. The van der Waals surface area contributed by atoms with Gasteiger partial charge in [0.2, 0.25) is 0 Å². The van der Waals surface area contributed by atoms with Crippen molar-refractivity contribution in [2.24, 2.45) is 0 Å². The van der Waals surface area contributed by atoms with Gasteiger partial charge in [0, 0.05) is 56.4 Å². The zero-order chi connectivity index (χ0) is 13.2. The number of nitrogens with one attached hydrogen (secondary N) is 1. The molecule has 2 fully saturated rings. The highest BCUT2D eigenvalue weighted by atomic mass is 35.5. The van der Waals surface area contributed by atoms with Crippen molar-refractivity contribution >= 4 is 11.6 Å². The third-order valence-electron chi connectivity index (χ3n) is 4.46. The Kier molecular flexibility index (Phi) is 4.08. The SMILES string of the molecule is CC(c1ccccc1Cl)N1CC(N2CCNCC2)C1. The zero-order valence-electron chi connectivity index (χ0n) is 11.5. The van der Waals surface area contributed by atoms with Gasteiger partial charge in [-0.05, 0) is 18.6 Å². The fourth-order valence-corrected chi connectivity index (χ4v) is 3.39. The molecule has 0 aromatic heterocycles. The van der Waals surface area contributed by atoms with Gasteiger partial charge < -0.3 is 5.32 Å². The van der Waals surface area contributed by atoms with Crippen LogP contribution >= 0.6 is 11.6 Å². The van der Waals surface area contributed by atoms with E-state index in [1.165, 1.54) is 31.7 Å². The topological polar surface area (TPSA) is 18.5 Å². The molecule has 0 aliphatic carbocycles. The second-order valence-electron chi connectivity index (χ2n) is 5.59. The van der Waals surface area contributed by atoms with Gasteiger partial charge in [0.05, 0.1) is 0 Å². The highest BCUT2D eigenvalue weighted by Crippen LogP contribution is 2.31. The summed E-state index contributed by atoms with van der Waals surface area (Å²) < 4.78 is 0. The molecule has 1 aromatic carbocycles. The molecule has 3 nitrogen and oxygen atoms in total.